The molecule has 0 aliphatic carbocycles. The molecule has 0 fully saturated rings. The minimum atomic E-state index is 0.00481. The molecule has 2 rings (SSSR count). The highest BCUT2D eigenvalue weighted by molar-refractivity contribution is 5.62. The van der Waals surface area contributed by atoms with Crippen molar-refractivity contribution in [1.29, 1.82) is 0 Å². The van der Waals surface area contributed by atoms with Crippen molar-refractivity contribution in [2.75, 3.05) is 0 Å². The van der Waals surface area contributed by atoms with Gasteiger partial charge in [0.05, 0.1) is 17.3 Å². The fourth-order valence-corrected chi connectivity index (χ4v) is 1.65. The summed E-state index contributed by atoms with van der Waals surface area (Å²) < 4.78 is 7.81. The molecular weight excluding hydrogens is 212 g/mol. The lowest BCUT2D eigenvalue weighted by Crippen LogP contribution is -2.22. The highest BCUT2D eigenvalue weighted by Gasteiger charge is 2.18. The van der Waals surface area contributed by atoms with Crippen molar-refractivity contribution in [2.45, 2.75) is 46.3 Å². The first kappa shape index (κ1) is 12.0. The van der Waals surface area contributed by atoms with E-state index in [-0.39, 0.29) is 11.6 Å². The van der Waals surface area contributed by atoms with E-state index in [2.05, 4.69) is 45.8 Å². The first-order valence-corrected chi connectivity index (χ1v) is 5.98. The maximum absolute atomic E-state index is 5.85. The lowest BCUT2D eigenvalue weighted by Gasteiger charge is -2.21. The molecule has 0 spiro atoms. The maximum atomic E-state index is 5.85. The fourth-order valence-electron chi connectivity index (χ4n) is 1.65. The van der Waals surface area contributed by atoms with E-state index in [4.69, 9.17) is 4.74 Å². The average Bonchev–Trinajstić information content (AvgIpc) is 2.70. The summed E-state index contributed by atoms with van der Waals surface area (Å²) in [4.78, 5) is 0. The lowest BCUT2D eigenvalue weighted by atomic mass is 10.1. The van der Waals surface area contributed by atoms with Crippen molar-refractivity contribution in [1.82, 2.24) is 9.78 Å². The Labute approximate surface area is 103 Å². The molecule has 92 valence electrons. The van der Waals surface area contributed by atoms with Crippen LogP contribution in [0.25, 0.3) is 5.76 Å². The predicted molar refractivity (Wildman–Crippen MR) is 69.5 cm³/mol. The van der Waals surface area contributed by atoms with Gasteiger partial charge >= 0.3 is 0 Å². The van der Waals surface area contributed by atoms with Crippen molar-refractivity contribution >= 4 is 5.76 Å². The minimum Gasteiger partial charge on any atom is -0.486 e. The Hall–Kier alpha value is -1.51. The van der Waals surface area contributed by atoms with Gasteiger partial charge in [0.15, 0.2) is 0 Å². The summed E-state index contributed by atoms with van der Waals surface area (Å²) in [6, 6.07) is 0. The molecule has 0 saturated heterocycles. The Bertz CT molecular complexity index is 475. The Morgan fingerprint density at radius 3 is 2.53 bits per heavy atom. The minimum absolute atomic E-state index is 0.00481. The molecule has 0 radical (unpaired) electrons. The number of ether oxygens (including phenoxy) is 1. The SMILES string of the molecule is CC1=CC=C(c2cnn(C(C)(C)C)c2)OC1C. The predicted octanol–water partition coefficient (Wildman–Crippen LogP) is 3.34. The number of rotatable bonds is 1. The monoisotopic (exact) mass is 232 g/mol. The van der Waals surface area contributed by atoms with Crippen LogP contribution in [0.5, 0.6) is 0 Å². The van der Waals surface area contributed by atoms with Crippen molar-refractivity contribution in [3.63, 3.8) is 0 Å². The first-order chi connectivity index (χ1) is 7.88. The summed E-state index contributed by atoms with van der Waals surface area (Å²) in [6.07, 6.45) is 8.16. The molecule has 0 N–H and O–H groups in total. The van der Waals surface area contributed by atoms with Crippen LogP contribution in [-0.2, 0) is 10.3 Å². The van der Waals surface area contributed by atoms with Gasteiger partial charge in [0.1, 0.15) is 11.9 Å². The zero-order valence-corrected chi connectivity index (χ0v) is 11.2. The third kappa shape index (κ3) is 2.43. The zero-order valence-electron chi connectivity index (χ0n) is 11.2. The Morgan fingerprint density at radius 1 is 1.29 bits per heavy atom. The van der Waals surface area contributed by atoms with Crippen LogP contribution >= 0.6 is 0 Å². The van der Waals surface area contributed by atoms with E-state index >= 15 is 0 Å². The molecule has 3 nitrogen and oxygen atoms in total. The molecular formula is C14H20N2O. The second-order valence-corrected chi connectivity index (χ2v) is 5.55. The Kier molecular flexibility index (Phi) is 2.86. The Balaban J connectivity index is 2.28. The molecule has 0 amide bonds. The average molecular weight is 232 g/mol. The summed E-state index contributed by atoms with van der Waals surface area (Å²) in [7, 11) is 0. The first-order valence-electron chi connectivity index (χ1n) is 5.98. The lowest BCUT2D eigenvalue weighted by molar-refractivity contribution is 0.214. The summed E-state index contributed by atoms with van der Waals surface area (Å²) >= 11 is 0. The molecule has 1 aromatic heterocycles. The van der Waals surface area contributed by atoms with Gasteiger partial charge in [-0.1, -0.05) is 6.08 Å². The quantitative estimate of drug-likeness (QED) is 0.742. The smallest absolute Gasteiger partial charge is 0.130 e. The standard InChI is InChI=1S/C14H20N2O/c1-10-6-7-13(17-11(10)2)12-8-15-16(9-12)14(3,4)5/h6-9,11H,1-5H3. The number of allylic oxidation sites excluding steroid dienone is 2. The van der Waals surface area contributed by atoms with Gasteiger partial charge in [-0.2, -0.15) is 5.10 Å². The molecule has 1 unspecified atom stereocenters. The molecule has 2 heterocycles. The zero-order chi connectivity index (χ0) is 12.6. The summed E-state index contributed by atoms with van der Waals surface area (Å²) in [5.41, 5.74) is 2.29. The maximum Gasteiger partial charge on any atom is 0.130 e. The molecule has 0 saturated carbocycles. The van der Waals surface area contributed by atoms with Gasteiger partial charge in [-0.05, 0) is 46.3 Å². The molecule has 0 aromatic carbocycles. The molecule has 17 heavy (non-hydrogen) atoms. The van der Waals surface area contributed by atoms with Gasteiger partial charge in [0, 0.05) is 6.20 Å². The van der Waals surface area contributed by atoms with Crippen LogP contribution in [0.1, 0.15) is 40.2 Å². The van der Waals surface area contributed by atoms with Crippen LogP contribution in [0.3, 0.4) is 0 Å². The van der Waals surface area contributed by atoms with Gasteiger partial charge in [-0.3, -0.25) is 4.68 Å². The van der Waals surface area contributed by atoms with Crippen LogP contribution in [0.2, 0.25) is 0 Å². The molecule has 0 bridgehead atoms. The number of aromatic nitrogens is 2. The summed E-state index contributed by atoms with van der Waals surface area (Å²) in [5, 5.41) is 4.38. The van der Waals surface area contributed by atoms with Crippen LogP contribution in [-0.4, -0.2) is 15.9 Å². The summed E-state index contributed by atoms with van der Waals surface area (Å²) in [5.74, 6) is 0.901. The molecule has 1 aliphatic rings. The van der Waals surface area contributed by atoms with Crippen molar-refractivity contribution in [3.05, 3.63) is 35.7 Å². The molecule has 1 aliphatic heterocycles. The van der Waals surface area contributed by atoms with E-state index < -0.39 is 0 Å². The topological polar surface area (TPSA) is 27.1 Å². The van der Waals surface area contributed by atoms with Crippen molar-refractivity contribution in [2.24, 2.45) is 0 Å². The second kappa shape index (κ2) is 4.06. The van der Waals surface area contributed by atoms with Crippen LogP contribution < -0.4 is 0 Å². The van der Waals surface area contributed by atoms with Crippen molar-refractivity contribution < 1.29 is 4.74 Å². The number of hydrogen-bond acceptors (Lipinski definition) is 2. The van der Waals surface area contributed by atoms with Crippen LogP contribution in [0, 0.1) is 0 Å². The molecule has 1 atom stereocenters. The van der Waals surface area contributed by atoms with E-state index in [0.717, 1.165) is 11.3 Å². The van der Waals surface area contributed by atoms with E-state index in [9.17, 15) is 0 Å². The van der Waals surface area contributed by atoms with Crippen LogP contribution in [0.15, 0.2) is 30.1 Å². The fraction of sp³-hybridized carbons (Fsp3) is 0.500. The van der Waals surface area contributed by atoms with Gasteiger partial charge in [0.25, 0.3) is 0 Å². The Morgan fingerprint density at radius 2 is 2.00 bits per heavy atom. The highest BCUT2D eigenvalue weighted by Crippen LogP contribution is 2.25. The molecule has 3 heteroatoms. The summed E-state index contributed by atoms with van der Waals surface area (Å²) in [6.45, 7) is 10.5. The number of hydrogen-bond donors (Lipinski definition) is 0. The van der Waals surface area contributed by atoms with E-state index in [1.807, 2.05) is 23.2 Å². The van der Waals surface area contributed by atoms with Crippen LogP contribution in [0.4, 0.5) is 0 Å². The van der Waals surface area contributed by atoms with Gasteiger partial charge in [0.2, 0.25) is 0 Å². The third-order valence-electron chi connectivity index (χ3n) is 3.00. The van der Waals surface area contributed by atoms with E-state index in [0.29, 0.717) is 0 Å². The second-order valence-electron chi connectivity index (χ2n) is 5.55. The number of nitrogens with zero attached hydrogens (tertiary/aromatic N) is 2. The van der Waals surface area contributed by atoms with Gasteiger partial charge in [-0.15, -0.1) is 0 Å². The van der Waals surface area contributed by atoms with Gasteiger partial charge in [-0.25, -0.2) is 0 Å². The largest absolute Gasteiger partial charge is 0.486 e. The van der Waals surface area contributed by atoms with Crippen molar-refractivity contribution in [3.8, 4) is 0 Å². The highest BCUT2D eigenvalue weighted by atomic mass is 16.5. The third-order valence-corrected chi connectivity index (χ3v) is 3.00. The normalized spacial score (nSPS) is 20.6. The van der Waals surface area contributed by atoms with Gasteiger partial charge < -0.3 is 4.74 Å². The molecule has 1 aromatic rings. The van der Waals surface area contributed by atoms with E-state index in [1.165, 1.54) is 5.57 Å². The van der Waals surface area contributed by atoms with E-state index in [1.54, 1.807) is 0 Å².